The summed E-state index contributed by atoms with van der Waals surface area (Å²) in [5.74, 6) is -3.06. The number of rotatable bonds is 6. The van der Waals surface area contributed by atoms with Crippen molar-refractivity contribution in [1.82, 2.24) is 0 Å². The first-order valence-electron chi connectivity index (χ1n) is 6.35. The highest BCUT2D eigenvalue weighted by Crippen LogP contribution is 2.44. The molecule has 20 heavy (non-hydrogen) atoms. The van der Waals surface area contributed by atoms with E-state index in [1.807, 2.05) is 13.0 Å². The molecule has 4 nitrogen and oxygen atoms in total. The van der Waals surface area contributed by atoms with Crippen LogP contribution < -0.4 is 5.32 Å². The highest BCUT2D eigenvalue weighted by molar-refractivity contribution is 5.90. The zero-order valence-corrected chi connectivity index (χ0v) is 11.4. The molecule has 1 aromatic carbocycles. The van der Waals surface area contributed by atoms with Crippen LogP contribution >= 0.6 is 0 Å². The lowest BCUT2D eigenvalue weighted by Gasteiger charge is -2.09. The average Bonchev–Trinajstić information content (AvgIpc) is 3.00. The van der Waals surface area contributed by atoms with Gasteiger partial charge in [0.2, 0.25) is 0 Å². The number of aryl methyl sites for hydroxylation is 1. The van der Waals surface area contributed by atoms with E-state index in [-0.39, 0.29) is 13.0 Å². The second kappa shape index (κ2) is 5.75. The number of alkyl halides is 2. The smallest absolute Gasteiger partial charge is 0.337 e. The minimum absolute atomic E-state index is 0.191. The molecule has 0 amide bonds. The zero-order chi connectivity index (χ0) is 14.8. The first-order valence-corrected chi connectivity index (χ1v) is 6.35. The summed E-state index contributed by atoms with van der Waals surface area (Å²) in [5, 5.41) is 3.04. The number of esters is 1. The molecule has 1 atom stereocenters. The Morgan fingerprint density at radius 2 is 2.15 bits per heavy atom. The summed E-state index contributed by atoms with van der Waals surface area (Å²) in [6, 6.07) is 5.24. The van der Waals surface area contributed by atoms with Gasteiger partial charge in [0.05, 0.1) is 19.3 Å². The van der Waals surface area contributed by atoms with Crippen molar-refractivity contribution in [3.05, 3.63) is 29.3 Å². The third-order valence-electron chi connectivity index (χ3n) is 3.02. The van der Waals surface area contributed by atoms with Crippen molar-refractivity contribution < 1.29 is 23.0 Å². The SMILES string of the molecule is COC(=O)c1cc(C)cc(NCCOC2CC2(F)F)c1. The van der Waals surface area contributed by atoms with Crippen LogP contribution in [-0.2, 0) is 9.47 Å². The summed E-state index contributed by atoms with van der Waals surface area (Å²) < 4.78 is 34.8. The van der Waals surface area contributed by atoms with Crippen molar-refractivity contribution in [3.8, 4) is 0 Å². The van der Waals surface area contributed by atoms with Gasteiger partial charge in [-0.2, -0.15) is 0 Å². The molecule has 0 saturated heterocycles. The number of nitrogens with one attached hydrogen (secondary N) is 1. The second-order valence-corrected chi connectivity index (χ2v) is 4.83. The summed E-state index contributed by atoms with van der Waals surface area (Å²) in [6.07, 6.45) is -1.13. The molecule has 1 saturated carbocycles. The van der Waals surface area contributed by atoms with E-state index in [2.05, 4.69) is 10.1 Å². The van der Waals surface area contributed by atoms with Gasteiger partial charge < -0.3 is 14.8 Å². The van der Waals surface area contributed by atoms with E-state index in [0.717, 1.165) is 11.3 Å². The molecule has 0 aromatic heterocycles. The van der Waals surface area contributed by atoms with E-state index in [4.69, 9.17) is 4.74 Å². The van der Waals surface area contributed by atoms with Gasteiger partial charge in [-0.3, -0.25) is 0 Å². The Kier molecular flexibility index (Phi) is 4.23. The van der Waals surface area contributed by atoms with Gasteiger partial charge in [0, 0.05) is 18.7 Å². The zero-order valence-electron chi connectivity index (χ0n) is 11.4. The molecule has 110 valence electrons. The Balaban J connectivity index is 1.83. The molecule has 0 radical (unpaired) electrons. The third-order valence-corrected chi connectivity index (χ3v) is 3.02. The van der Waals surface area contributed by atoms with E-state index in [9.17, 15) is 13.6 Å². The fourth-order valence-electron chi connectivity index (χ4n) is 1.89. The normalized spacial score (nSPS) is 19.5. The quantitative estimate of drug-likeness (QED) is 0.645. The largest absolute Gasteiger partial charge is 0.465 e. The van der Waals surface area contributed by atoms with Crippen LogP contribution in [0.15, 0.2) is 18.2 Å². The highest BCUT2D eigenvalue weighted by atomic mass is 19.3. The molecule has 0 aliphatic heterocycles. The number of hydrogen-bond donors (Lipinski definition) is 1. The van der Waals surface area contributed by atoms with Crippen molar-refractivity contribution in [2.75, 3.05) is 25.6 Å². The van der Waals surface area contributed by atoms with Crippen LogP contribution in [0.4, 0.5) is 14.5 Å². The standard InChI is InChI=1S/C14H17F2NO3/c1-9-5-10(13(18)19-2)7-11(6-9)17-3-4-20-12-8-14(12,15)16/h5-7,12,17H,3-4,8H2,1-2H3. The highest BCUT2D eigenvalue weighted by Gasteiger charge is 2.58. The number of halogens is 2. The molecule has 0 heterocycles. The van der Waals surface area contributed by atoms with Crippen LogP contribution in [-0.4, -0.2) is 38.3 Å². The van der Waals surface area contributed by atoms with Crippen molar-refractivity contribution in [2.45, 2.75) is 25.4 Å². The fourth-order valence-corrected chi connectivity index (χ4v) is 1.89. The maximum Gasteiger partial charge on any atom is 0.337 e. The summed E-state index contributed by atoms with van der Waals surface area (Å²) in [7, 11) is 1.32. The first-order chi connectivity index (χ1) is 9.42. The molecule has 1 aliphatic carbocycles. The summed E-state index contributed by atoms with van der Waals surface area (Å²) >= 11 is 0. The van der Waals surface area contributed by atoms with Crippen LogP contribution in [0.3, 0.4) is 0 Å². The summed E-state index contributed by atoms with van der Waals surface area (Å²) in [5.41, 5.74) is 2.09. The minimum atomic E-state index is -2.65. The van der Waals surface area contributed by atoms with Gasteiger partial charge in [-0.15, -0.1) is 0 Å². The van der Waals surface area contributed by atoms with Crippen LogP contribution in [0.25, 0.3) is 0 Å². The maximum atomic E-state index is 12.6. The molecular weight excluding hydrogens is 268 g/mol. The molecule has 1 unspecified atom stereocenters. The van der Waals surface area contributed by atoms with Gasteiger partial charge in [-0.05, 0) is 30.7 Å². The lowest BCUT2D eigenvalue weighted by molar-refractivity contribution is 0.0169. The molecular formula is C14H17F2NO3. The number of ether oxygens (including phenoxy) is 2. The molecule has 0 spiro atoms. The van der Waals surface area contributed by atoms with Crippen LogP contribution in [0.1, 0.15) is 22.3 Å². The topological polar surface area (TPSA) is 47.6 Å². The van der Waals surface area contributed by atoms with E-state index >= 15 is 0 Å². The maximum absolute atomic E-state index is 12.6. The molecule has 6 heteroatoms. The number of hydrogen-bond acceptors (Lipinski definition) is 4. The third kappa shape index (κ3) is 3.66. The number of carbonyl (C=O) groups excluding carboxylic acids is 1. The van der Waals surface area contributed by atoms with Crippen molar-refractivity contribution in [1.29, 1.82) is 0 Å². The Morgan fingerprint density at radius 1 is 1.45 bits per heavy atom. The lowest BCUT2D eigenvalue weighted by atomic mass is 10.1. The van der Waals surface area contributed by atoms with Crippen LogP contribution in [0, 0.1) is 6.92 Å². The van der Waals surface area contributed by atoms with E-state index < -0.39 is 18.0 Å². The van der Waals surface area contributed by atoms with E-state index in [1.165, 1.54) is 7.11 Å². The predicted molar refractivity (Wildman–Crippen MR) is 70.3 cm³/mol. The Morgan fingerprint density at radius 3 is 2.75 bits per heavy atom. The second-order valence-electron chi connectivity index (χ2n) is 4.83. The van der Waals surface area contributed by atoms with Crippen molar-refractivity contribution in [2.24, 2.45) is 0 Å². The van der Waals surface area contributed by atoms with E-state index in [0.29, 0.717) is 12.1 Å². The molecule has 1 aromatic rings. The number of benzene rings is 1. The first kappa shape index (κ1) is 14.7. The van der Waals surface area contributed by atoms with Gasteiger partial charge in [-0.1, -0.05) is 0 Å². The number of carbonyl (C=O) groups is 1. The van der Waals surface area contributed by atoms with Gasteiger partial charge >= 0.3 is 5.97 Å². The molecule has 1 fully saturated rings. The van der Waals surface area contributed by atoms with Crippen molar-refractivity contribution >= 4 is 11.7 Å². The van der Waals surface area contributed by atoms with Crippen molar-refractivity contribution in [3.63, 3.8) is 0 Å². The number of methoxy groups -OCH3 is 1. The lowest BCUT2D eigenvalue weighted by Crippen LogP contribution is -2.13. The molecule has 1 N–H and O–H groups in total. The van der Waals surface area contributed by atoms with Gasteiger partial charge in [0.25, 0.3) is 5.92 Å². The van der Waals surface area contributed by atoms with Gasteiger partial charge in [-0.25, -0.2) is 13.6 Å². The molecule has 2 rings (SSSR count). The molecule has 1 aliphatic rings. The van der Waals surface area contributed by atoms with Gasteiger partial charge in [0.1, 0.15) is 6.10 Å². The Hall–Kier alpha value is -1.69. The molecule has 0 bridgehead atoms. The summed E-state index contributed by atoms with van der Waals surface area (Å²) in [4.78, 5) is 11.5. The van der Waals surface area contributed by atoms with Crippen LogP contribution in [0.2, 0.25) is 0 Å². The Labute approximate surface area is 116 Å². The predicted octanol–water partition coefficient (Wildman–Crippen LogP) is 2.62. The minimum Gasteiger partial charge on any atom is -0.465 e. The van der Waals surface area contributed by atoms with Crippen LogP contribution in [0.5, 0.6) is 0 Å². The average molecular weight is 285 g/mol. The number of anilines is 1. The Bertz CT molecular complexity index is 505. The fraction of sp³-hybridized carbons (Fsp3) is 0.500. The van der Waals surface area contributed by atoms with E-state index in [1.54, 1.807) is 12.1 Å². The monoisotopic (exact) mass is 285 g/mol. The summed E-state index contributed by atoms with van der Waals surface area (Å²) in [6.45, 7) is 2.46. The van der Waals surface area contributed by atoms with Gasteiger partial charge in [0.15, 0.2) is 0 Å².